The van der Waals surface area contributed by atoms with Crippen molar-refractivity contribution >= 4 is 45.5 Å². The van der Waals surface area contributed by atoms with Crippen LogP contribution in [0.25, 0.3) is 33.2 Å². The molecule has 2 aliphatic heterocycles. The second-order valence-corrected chi connectivity index (χ2v) is 11.8. The molecule has 8 heteroatoms. The monoisotopic (exact) mass is 620 g/mol. The number of aryl methyl sites for hydroxylation is 5. The SMILES string of the molecule is CCC1=C(C)c2cc3[n-]c(c(C)c3CC)c(C=O)c3nc(c4c5[n-]c(cc1n2)c(C)c5CC4)[C@@H](CCC(=O)OC)[C@@H]3C.[Ni+2]. The molecule has 0 amide bonds. The molecule has 0 spiro atoms. The molecule has 1 aliphatic carbocycles. The molecule has 3 aliphatic rings. The van der Waals surface area contributed by atoms with Gasteiger partial charge in [0, 0.05) is 29.5 Å². The van der Waals surface area contributed by atoms with Crippen LogP contribution in [0.2, 0.25) is 0 Å². The average molecular weight is 621 g/mol. The molecular formula is C35H38N4NiO3. The number of fused-ring (bicyclic) bond motifs is 8. The summed E-state index contributed by atoms with van der Waals surface area (Å²) in [4.78, 5) is 45.7. The van der Waals surface area contributed by atoms with Gasteiger partial charge in [0.15, 0.2) is 6.29 Å². The van der Waals surface area contributed by atoms with Crippen LogP contribution >= 0.6 is 0 Å². The van der Waals surface area contributed by atoms with E-state index in [1.54, 1.807) is 0 Å². The van der Waals surface area contributed by atoms with Crippen LogP contribution in [0.3, 0.4) is 0 Å². The molecule has 0 N–H and O–H groups in total. The Morgan fingerprint density at radius 2 is 1.65 bits per heavy atom. The van der Waals surface area contributed by atoms with Gasteiger partial charge in [0.05, 0.1) is 24.2 Å². The number of hydrogen-bond acceptors (Lipinski definition) is 5. The van der Waals surface area contributed by atoms with E-state index in [1.165, 1.54) is 23.8 Å². The van der Waals surface area contributed by atoms with E-state index in [0.29, 0.717) is 17.5 Å². The van der Waals surface area contributed by atoms with Crippen molar-refractivity contribution in [3.05, 3.63) is 68.3 Å². The van der Waals surface area contributed by atoms with Gasteiger partial charge in [-0.2, -0.15) is 0 Å². The van der Waals surface area contributed by atoms with E-state index in [2.05, 4.69) is 46.8 Å². The molecule has 0 aromatic carbocycles. The maximum Gasteiger partial charge on any atom is 2.00 e. The minimum Gasteiger partial charge on any atom is -0.657 e. The molecule has 0 unspecified atom stereocenters. The minimum absolute atomic E-state index is 0. The van der Waals surface area contributed by atoms with Gasteiger partial charge in [0.1, 0.15) is 0 Å². The zero-order valence-electron chi connectivity index (χ0n) is 26.0. The first-order valence-electron chi connectivity index (χ1n) is 15.1. The Morgan fingerprint density at radius 3 is 2.33 bits per heavy atom. The third-order valence-electron chi connectivity index (χ3n) is 9.73. The van der Waals surface area contributed by atoms with Gasteiger partial charge in [-0.05, 0) is 69.6 Å². The Hall–Kier alpha value is -3.51. The Kier molecular flexibility index (Phi) is 8.55. The van der Waals surface area contributed by atoms with Crippen molar-refractivity contribution in [2.45, 2.75) is 91.9 Å². The number of ether oxygens (including phenoxy) is 1. The molecule has 3 aromatic rings. The number of carbonyl (C=O) groups excluding carboxylic acids is 2. The number of methoxy groups -OCH3 is 1. The van der Waals surface area contributed by atoms with Crippen molar-refractivity contribution in [2.75, 3.05) is 7.11 Å². The van der Waals surface area contributed by atoms with Gasteiger partial charge in [-0.3, -0.25) is 14.6 Å². The maximum absolute atomic E-state index is 12.9. The van der Waals surface area contributed by atoms with Crippen LogP contribution in [0.1, 0.15) is 120 Å². The maximum atomic E-state index is 12.9. The van der Waals surface area contributed by atoms with E-state index in [0.717, 1.165) is 93.6 Å². The molecule has 5 heterocycles. The van der Waals surface area contributed by atoms with Gasteiger partial charge >= 0.3 is 22.5 Å². The second-order valence-electron chi connectivity index (χ2n) is 11.8. The summed E-state index contributed by atoms with van der Waals surface area (Å²) >= 11 is 0. The molecule has 7 nitrogen and oxygen atoms in total. The number of allylic oxidation sites excluding steroid dienone is 2. The number of esters is 1. The van der Waals surface area contributed by atoms with Gasteiger partial charge in [-0.1, -0.05) is 55.2 Å². The number of hydrogen-bond donors (Lipinski definition) is 0. The summed E-state index contributed by atoms with van der Waals surface area (Å²) in [5.74, 6) is -0.342. The number of rotatable bonds is 6. The molecule has 43 heavy (non-hydrogen) atoms. The number of carbonyl (C=O) groups is 2. The standard InChI is InChI=1S/C35H39N4O3.Ni/c1-8-21-17(3)27-14-30-22(9-2)19(5)32(38-30)26(16-40)33-20(6)24(12-13-31(41)42-7)35(39-33)25-11-10-23-18(4)28(37-34(23)25)15-29(21)36-27;/h14-16,20,24H,8-13H2,1-7H3,(H-,36,37,38,39,40);/q-1;+2/p-1/t20-,24-;/m0./s1. The zero-order chi connectivity index (χ0) is 29.9. The van der Waals surface area contributed by atoms with Crippen LogP contribution in [-0.2, 0) is 45.3 Å². The number of aromatic nitrogens is 4. The van der Waals surface area contributed by atoms with Crippen molar-refractivity contribution in [3.63, 3.8) is 0 Å². The van der Waals surface area contributed by atoms with E-state index in [9.17, 15) is 9.59 Å². The zero-order valence-corrected chi connectivity index (χ0v) is 26.9. The topological polar surface area (TPSA) is 97.4 Å². The van der Waals surface area contributed by atoms with Crippen LogP contribution in [0, 0.1) is 13.8 Å². The van der Waals surface area contributed by atoms with Crippen LogP contribution in [0.15, 0.2) is 12.1 Å². The Bertz CT molecular complexity index is 1850. The summed E-state index contributed by atoms with van der Waals surface area (Å²) in [6.07, 6.45) is 5.19. The van der Waals surface area contributed by atoms with Crippen LogP contribution in [0.4, 0.5) is 0 Å². The molecule has 0 fully saturated rings. The largest absolute Gasteiger partial charge is 2.00 e. The summed E-state index contributed by atoms with van der Waals surface area (Å²) in [7, 11) is 1.42. The third-order valence-corrected chi connectivity index (χ3v) is 9.73. The summed E-state index contributed by atoms with van der Waals surface area (Å²) in [6, 6.07) is 4.21. The molecule has 0 radical (unpaired) electrons. The third kappa shape index (κ3) is 4.88. The fourth-order valence-electron chi connectivity index (χ4n) is 7.28. The van der Waals surface area contributed by atoms with Crippen molar-refractivity contribution in [3.8, 4) is 0 Å². The van der Waals surface area contributed by atoms with Crippen molar-refractivity contribution in [2.24, 2.45) is 0 Å². The molecule has 0 saturated carbocycles. The first-order valence-corrected chi connectivity index (χ1v) is 15.1. The van der Waals surface area contributed by atoms with Crippen molar-refractivity contribution in [1.82, 2.24) is 19.9 Å². The van der Waals surface area contributed by atoms with E-state index < -0.39 is 0 Å². The van der Waals surface area contributed by atoms with Gasteiger partial charge in [0.25, 0.3) is 0 Å². The van der Waals surface area contributed by atoms with Crippen LogP contribution in [-0.4, -0.2) is 29.3 Å². The summed E-state index contributed by atoms with van der Waals surface area (Å²) < 4.78 is 4.98. The Morgan fingerprint density at radius 1 is 0.953 bits per heavy atom. The minimum atomic E-state index is -0.242. The summed E-state index contributed by atoms with van der Waals surface area (Å²) in [6.45, 7) is 12.7. The van der Waals surface area contributed by atoms with E-state index in [1.807, 2.05) is 6.92 Å². The first-order chi connectivity index (χ1) is 20.2. The first kappa shape index (κ1) is 30.9. The predicted molar refractivity (Wildman–Crippen MR) is 166 cm³/mol. The quantitative estimate of drug-likeness (QED) is 0.169. The molecule has 2 atom stereocenters. The normalized spacial score (nSPS) is 17.3. The molecule has 226 valence electrons. The van der Waals surface area contributed by atoms with Crippen molar-refractivity contribution < 1.29 is 30.8 Å². The Balaban J connectivity index is 0.00000368. The fourth-order valence-corrected chi connectivity index (χ4v) is 7.28. The predicted octanol–water partition coefficient (Wildman–Crippen LogP) is 6.84. The number of nitrogens with zero attached hydrogens (tertiary/aromatic N) is 4. The van der Waals surface area contributed by atoms with E-state index in [4.69, 9.17) is 24.7 Å². The van der Waals surface area contributed by atoms with Gasteiger partial charge in [-0.25, -0.2) is 4.98 Å². The van der Waals surface area contributed by atoms with Gasteiger partial charge in [-0.15, -0.1) is 22.1 Å². The smallest absolute Gasteiger partial charge is 0.657 e. The summed E-state index contributed by atoms with van der Waals surface area (Å²) in [5.41, 5.74) is 15.6. The molecule has 6 rings (SSSR count). The molecule has 8 bridgehead atoms. The van der Waals surface area contributed by atoms with Gasteiger partial charge in [0.2, 0.25) is 0 Å². The second kappa shape index (κ2) is 11.9. The fraction of sp³-hybridized carbons (Fsp3) is 0.429. The van der Waals surface area contributed by atoms with Crippen LogP contribution in [0.5, 0.6) is 0 Å². The summed E-state index contributed by atoms with van der Waals surface area (Å²) in [5, 5.41) is 0. The molecule has 0 saturated heterocycles. The van der Waals surface area contributed by atoms with E-state index >= 15 is 0 Å². The van der Waals surface area contributed by atoms with E-state index in [-0.39, 0.29) is 40.7 Å². The van der Waals surface area contributed by atoms with Gasteiger partial charge < -0.3 is 14.7 Å². The number of aldehydes is 1. The molecule has 3 aromatic heterocycles. The Labute approximate surface area is 262 Å². The van der Waals surface area contributed by atoms with Crippen LogP contribution < -0.4 is 9.97 Å². The molecular weight excluding hydrogens is 583 g/mol. The average Bonchev–Trinajstić information content (AvgIpc) is 3.75. The van der Waals surface area contributed by atoms with Crippen molar-refractivity contribution in [1.29, 1.82) is 0 Å².